The van der Waals surface area contributed by atoms with Gasteiger partial charge in [-0.1, -0.05) is 19.8 Å². The summed E-state index contributed by atoms with van der Waals surface area (Å²) in [5.74, 6) is 0.320. The van der Waals surface area contributed by atoms with E-state index in [0.29, 0.717) is 24.5 Å². The van der Waals surface area contributed by atoms with Crippen LogP contribution in [0.1, 0.15) is 39.0 Å². The van der Waals surface area contributed by atoms with Gasteiger partial charge in [-0.15, -0.1) is 0 Å². The third-order valence-corrected chi connectivity index (χ3v) is 6.00. The first-order valence-corrected chi connectivity index (χ1v) is 11.2. The van der Waals surface area contributed by atoms with Crippen LogP contribution in [0, 0.1) is 0 Å². The van der Waals surface area contributed by atoms with Gasteiger partial charge in [-0.25, -0.2) is 8.42 Å². The Balaban J connectivity index is 2.13. The van der Waals surface area contributed by atoms with Crippen molar-refractivity contribution in [1.82, 2.24) is 4.90 Å². The van der Waals surface area contributed by atoms with Crippen LogP contribution in [0.4, 0.5) is 5.69 Å². The van der Waals surface area contributed by atoms with Gasteiger partial charge in [-0.05, 0) is 43.5 Å². The van der Waals surface area contributed by atoms with Gasteiger partial charge in [0.25, 0.3) is 0 Å². The Morgan fingerprint density at radius 3 is 2.41 bits per heavy atom. The van der Waals surface area contributed by atoms with Crippen LogP contribution in [-0.4, -0.2) is 62.9 Å². The standard InChI is InChI=1S/C19H30N2O5S/c1-4-13-26-16-11-9-15(10-12-16)21(27(3,24)25)14-19(23)20(2)17-7-5-6-8-18(17)22/h9-12,17-18,22H,4-8,13-14H2,1-3H3. The van der Waals surface area contributed by atoms with Gasteiger partial charge in [0.2, 0.25) is 15.9 Å². The van der Waals surface area contributed by atoms with Crippen molar-refractivity contribution in [1.29, 1.82) is 0 Å². The number of aliphatic hydroxyl groups excluding tert-OH is 1. The van der Waals surface area contributed by atoms with Gasteiger partial charge in [0, 0.05) is 7.05 Å². The fourth-order valence-corrected chi connectivity index (χ4v) is 4.14. The zero-order valence-electron chi connectivity index (χ0n) is 16.3. The van der Waals surface area contributed by atoms with Crippen molar-refractivity contribution in [2.24, 2.45) is 0 Å². The normalized spacial score (nSPS) is 20.1. The van der Waals surface area contributed by atoms with E-state index in [1.54, 1.807) is 31.3 Å². The molecule has 0 heterocycles. The van der Waals surface area contributed by atoms with Crippen molar-refractivity contribution >= 4 is 21.6 Å². The summed E-state index contributed by atoms with van der Waals surface area (Å²) in [7, 11) is -2.01. The van der Waals surface area contributed by atoms with E-state index in [4.69, 9.17) is 4.74 Å². The Hall–Kier alpha value is -1.80. The van der Waals surface area contributed by atoms with Crippen LogP contribution in [0.3, 0.4) is 0 Å². The van der Waals surface area contributed by atoms with Crippen molar-refractivity contribution in [3.63, 3.8) is 0 Å². The van der Waals surface area contributed by atoms with Crippen LogP contribution in [-0.2, 0) is 14.8 Å². The summed E-state index contributed by atoms with van der Waals surface area (Å²) in [4.78, 5) is 14.2. The number of aliphatic hydroxyl groups is 1. The van der Waals surface area contributed by atoms with Gasteiger partial charge in [0.1, 0.15) is 12.3 Å². The van der Waals surface area contributed by atoms with Gasteiger partial charge >= 0.3 is 0 Å². The number of hydrogen-bond acceptors (Lipinski definition) is 5. The number of amides is 1. The second-order valence-corrected chi connectivity index (χ2v) is 8.94. The summed E-state index contributed by atoms with van der Waals surface area (Å²) in [5.41, 5.74) is 0.410. The maximum atomic E-state index is 12.7. The molecule has 1 saturated carbocycles. The van der Waals surface area contributed by atoms with E-state index in [1.807, 2.05) is 6.92 Å². The van der Waals surface area contributed by atoms with Gasteiger partial charge in [0.15, 0.2) is 0 Å². The van der Waals surface area contributed by atoms with Crippen molar-refractivity contribution in [3.8, 4) is 5.75 Å². The lowest BCUT2D eigenvalue weighted by Crippen LogP contribution is -2.50. The highest BCUT2D eigenvalue weighted by Gasteiger charge is 2.31. The molecule has 0 radical (unpaired) electrons. The number of nitrogens with zero attached hydrogens (tertiary/aromatic N) is 2. The highest BCUT2D eigenvalue weighted by molar-refractivity contribution is 7.92. The number of carbonyl (C=O) groups excluding carboxylic acids is 1. The van der Waals surface area contributed by atoms with Gasteiger partial charge in [-0.2, -0.15) is 0 Å². The van der Waals surface area contributed by atoms with E-state index in [0.717, 1.165) is 36.2 Å². The fourth-order valence-electron chi connectivity index (χ4n) is 3.29. The third kappa shape index (κ3) is 5.84. The minimum Gasteiger partial charge on any atom is -0.494 e. The van der Waals surface area contributed by atoms with E-state index in [-0.39, 0.29) is 18.5 Å². The maximum Gasteiger partial charge on any atom is 0.243 e. The van der Waals surface area contributed by atoms with Crippen LogP contribution in [0.5, 0.6) is 5.75 Å². The molecule has 0 spiro atoms. The van der Waals surface area contributed by atoms with Crippen molar-refractivity contribution < 1.29 is 23.1 Å². The maximum absolute atomic E-state index is 12.7. The third-order valence-electron chi connectivity index (χ3n) is 4.86. The van der Waals surface area contributed by atoms with Crippen LogP contribution in [0.25, 0.3) is 0 Å². The second-order valence-electron chi connectivity index (χ2n) is 7.04. The molecule has 8 heteroatoms. The molecule has 1 aromatic carbocycles. The first kappa shape index (κ1) is 21.5. The Morgan fingerprint density at radius 1 is 1.22 bits per heavy atom. The molecule has 2 atom stereocenters. The Labute approximate surface area is 162 Å². The summed E-state index contributed by atoms with van der Waals surface area (Å²) < 4.78 is 31.1. The van der Waals surface area contributed by atoms with E-state index < -0.39 is 16.1 Å². The number of likely N-dealkylation sites (N-methyl/N-ethyl adjacent to an activating group) is 1. The molecule has 1 amide bonds. The molecular weight excluding hydrogens is 368 g/mol. The number of carbonyl (C=O) groups is 1. The zero-order valence-corrected chi connectivity index (χ0v) is 17.1. The molecule has 0 aromatic heterocycles. The van der Waals surface area contributed by atoms with E-state index >= 15 is 0 Å². The number of rotatable bonds is 8. The molecule has 2 unspecified atom stereocenters. The predicted octanol–water partition coefficient (Wildman–Crippen LogP) is 2.00. The monoisotopic (exact) mass is 398 g/mol. The Bertz CT molecular complexity index is 720. The largest absolute Gasteiger partial charge is 0.494 e. The molecule has 1 aliphatic rings. The van der Waals surface area contributed by atoms with Crippen LogP contribution in [0.2, 0.25) is 0 Å². The van der Waals surface area contributed by atoms with Gasteiger partial charge in [0.05, 0.1) is 30.7 Å². The predicted molar refractivity (Wildman–Crippen MR) is 105 cm³/mol. The van der Waals surface area contributed by atoms with Gasteiger partial charge in [-0.3, -0.25) is 9.10 Å². The molecule has 0 saturated heterocycles. The molecule has 1 aromatic rings. The minimum absolute atomic E-state index is 0.266. The average molecular weight is 399 g/mol. The van der Waals surface area contributed by atoms with E-state index in [2.05, 4.69) is 0 Å². The molecule has 1 fully saturated rings. The summed E-state index contributed by atoms with van der Waals surface area (Å²) in [6.45, 7) is 2.29. The number of ether oxygens (including phenoxy) is 1. The number of hydrogen-bond donors (Lipinski definition) is 1. The van der Waals surface area contributed by atoms with Crippen molar-refractivity contribution in [2.45, 2.75) is 51.2 Å². The second kappa shape index (κ2) is 9.41. The zero-order chi connectivity index (χ0) is 20.0. The Morgan fingerprint density at radius 2 is 1.85 bits per heavy atom. The van der Waals surface area contributed by atoms with E-state index in [1.165, 1.54) is 4.90 Å². The fraction of sp³-hybridized carbons (Fsp3) is 0.632. The SMILES string of the molecule is CCCOc1ccc(N(CC(=O)N(C)C2CCCCC2O)S(C)(=O)=O)cc1. The van der Waals surface area contributed by atoms with Gasteiger partial charge < -0.3 is 14.7 Å². The minimum atomic E-state index is -3.64. The van der Waals surface area contributed by atoms with Crippen LogP contribution >= 0.6 is 0 Å². The highest BCUT2D eigenvalue weighted by Crippen LogP contribution is 2.25. The first-order valence-electron chi connectivity index (χ1n) is 9.38. The van der Waals surface area contributed by atoms with Crippen molar-refractivity contribution in [3.05, 3.63) is 24.3 Å². The van der Waals surface area contributed by atoms with Crippen LogP contribution < -0.4 is 9.04 Å². The molecule has 152 valence electrons. The Kier molecular flexibility index (Phi) is 7.49. The summed E-state index contributed by atoms with van der Waals surface area (Å²) in [6, 6.07) is 6.39. The molecule has 0 aliphatic heterocycles. The lowest BCUT2D eigenvalue weighted by molar-refractivity contribution is -0.133. The summed E-state index contributed by atoms with van der Waals surface area (Å²) in [6.07, 6.45) is 4.69. The number of anilines is 1. The number of benzene rings is 1. The molecule has 0 bridgehead atoms. The summed E-state index contributed by atoms with van der Waals surface area (Å²) >= 11 is 0. The quantitative estimate of drug-likeness (QED) is 0.724. The smallest absolute Gasteiger partial charge is 0.243 e. The lowest BCUT2D eigenvalue weighted by atomic mass is 9.91. The topological polar surface area (TPSA) is 87.2 Å². The van der Waals surface area contributed by atoms with E-state index in [9.17, 15) is 18.3 Å². The first-order chi connectivity index (χ1) is 12.7. The average Bonchev–Trinajstić information content (AvgIpc) is 2.63. The molecule has 7 nitrogen and oxygen atoms in total. The number of sulfonamides is 1. The molecule has 1 aliphatic carbocycles. The molecular formula is C19H30N2O5S. The molecule has 1 N–H and O–H groups in total. The van der Waals surface area contributed by atoms with Crippen molar-refractivity contribution in [2.75, 3.05) is 30.8 Å². The molecule has 27 heavy (non-hydrogen) atoms. The lowest BCUT2D eigenvalue weighted by Gasteiger charge is -2.36. The summed E-state index contributed by atoms with van der Waals surface area (Å²) in [5, 5.41) is 10.2. The van der Waals surface area contributed by atoms with Crippen LogP contribution in [0.15, 0.2) is 24.3 Å². The molecule has 2 rings (SSSR count). The highest BCUT2D eigenvalue weighted by atomic mass is 32.2.